The van der Waals surface area contributed by atoms with Crippen LogP contribution in [0.3, 0.4) is 0 Å². The van der Waals surface area contributed by atoms with Crippen molar-refractivity contribution in [1.29, 1.82) is 0 Å². The molecule has 0 aromatic heterocycles. The van der Waals surface area contributed by atoms with Gasteiger partial charge in [0.1, 0.15) is 6.17 Å². The van der Waals surface area contributed by atoms with E-state index in [9.17, 15) is 22.8 Å². The number of rotatable bonds is 6. The Balaban J connectivity index is 1.66. The van der Waals surface area contributed by atoms with E-state index in [0.29, 0.717) is 12.0 Å². The Labute approximate surface area is 176 Å². The molecule has 2 aromatic rings. The molecule has 1 fully saturated rings. The van der Waals surface area contributed by atoms with E-state index in [-0.39, 0.29) is 40.9 Å². The molecule has 2 aromatic carbocycles. The second-order valence-corrected chi connectivity index (χ2v) is 8.06. The van der Waals surface area contributed by atoms with Gasteiger partial charge in [0.05, 0.1) is 18.5 Å². The molecule has 1 aliphatic rings. The summed E-state index contributed by atoms with van der Waals surface area (Å²) in [7, 11) is 0. The van der Waals surface area contributed by atoms with E-state index in [1.54, 1.807) is 12.1 Å². The Kier molecular flexibility index (Phi) is 7.04. The number of amides is 2. The molecule has 1 saturated heterocycles. The van der Waals surface area contributed by atoms with Crippen LogP contribution in [0.1, 0.15) is 43.1 Å². The Morgan fingerprint density at radius 1 is 1.17 bits per heavy atom. The minimum Gasteiger partial charge on any atom is -0.348 e. The molecule has 1 heterocycles. The molecular weight excluding hydrogens is 415 g/mol. The van der Waals surface area contributed by atoms with E-state index in [1.807, 2.05) is 37.3 Å². The highest BCUT2D eigenvalue weighted by Gasteiger charge is 2.32. The summed E-state index contributed by atoms with van der Waals surface area (Å²) in [5.74, 6) is -0.560. The molecule has 3 N–H and O–H groups in total. The molecule has 3 rings (SSSR count). The fraction of sp³-hybridized carbons (Fsp3) is 0.333. The third-order valence-electron chi connectivity index (χ3n) is 4.75. The molecule has 0 bridgehead atoms. The van der Waals surface area contributed by atoms with Crippen LogP contribution in [-0.2, 0) is 9.59 Å². The molecule has 2 amide bonds. The SMILES string of the molecule is CC[C@@H](NC(=O)C1CC(=O)NC(c2ccccc2)N1)c1ccc(SC(F)(F)F)cc1. The number of benzene rings is 2. The number of carbonyl (C=O) groups is 2. The normalized spacial score (nSPS) is 20.3. The summed E-state index contributed by atoms with van der Waals surface area (Å²) in [6.07, 6.45) is 0.0904. The van der Waals surface area contributed by atoms with Gasteiger partial charge in [0.25, 0.3) is 0 Å². The zero-order valence-corrected chi connectivity index (χ0v) is 17.0. The van der Waals surface area contributed by atoms with Gasteiger partial charge in [0.15, 0.2) is 0 Å². The number of nitrogens with one attached hydrogen (secondary N) is 3. The lowest BCUT2D eigenvalue weighted by molar-refractivity contribution is -0.132. The van der Waals surface area contributed by atoms with Gasteiger partial charge in [0, 0.05) is 4.90 Å². The van der Waals surface area contributed by atoms with Gasteiger partial charge < -0.3 is 10.6 Å². The van der Waals surface area contributed by atoms with E-state index in [0.717, 1.165) is 5.56 Å². The first-order valence-electron chi connectivity index (χ1n) is 9.51. The fourth-order valence-electron chi connectivity index (χ4n) is 3.30. The van der Waals surface area contributed by atoms with E-state index in [4.69, 9.17) is 0 Å². The molecule has 0 aliphatic carbocycles. The van der Waals surface area contributed by atoms with Crippen LogP contribution in [0.25, 0.3) is 0 Å². The van der Waals surface area contributed by atoms with Gasteiger partial charge in [-0.3, -0.25) is 14.9 Å². The Morgan fingerprint density at radius 2 is 1.83 bits per heavy atom. The van der Waals surface area contributed by atoms with Crippen LogP contribution in [0.15, 0.2) is 59.5 Å². The third-order valence-corrected chi connectivity index (χ3v) is 5.49. The summed E-state index contributed by atoms with van der Waals surface area (Å²) in [6, 6.07) is 14.1. The third kappa shape index (κ3) is 5.99. The van der Waals surface area contributed by atoms with E-state index in [2.05, 4.69) is 16.0 Å². The fourth-order valence-corrected chi connectivity index (χ4v) is 3.84. The van der Waals surface area contributed by atoms with Gasteiger partial charge in [-0.15, -0.1) is 0 Å². The quantitative estimate of drug-likeness (QED) is 0.597. The lowest BCUT2D eigenvalue weighted by Gasteiger charge is -2.32. The predicted octanol–water partition coefficient (Wildman–Crippen LogP) is 4.04. The van der Waals surface area contributed by atoms with E-state index in [1.165, 1.54) is 12.1 Å². The minimum atomic E-state index is -4.34. The lowest BCUT2D eigenvalue weighted by atomic mass is 10.0. The maximum absolute atomic E-state index is 12.8. The predicted molar refractivity (Wildman–Crippen MR) is 108 cm³/mol. The summed E-state index contributed by atoms with van der Waals surface area (Å²) in [6.45, 7) is 1.87. The average molecular weight is 437 g/mol. The van der Waals surface area contributed by atoms with Crippen LogP contribution in [0, 0.1) is 0 Å². The highest BCUT2D eigenvalue weighted by Crippen LogP contribution is 2.37. The molecule has 9 heteroatoms. The Morgan fingerprint density at radius 3 is 2.43 bits per heavy atom. The second-order valence-electron chi connectivity index (χ2n) is 6.92. The minimum absolute atomic E-state index is 0.00671. The van der Waals surface area contributed by atoms with Gasteiger partial charge >= 0.3 is 5.51 Å². The number of alkyl halides is 3. The zero-order chi connectivity index (χ0) is 21.7. The van der Waals surface area contributed by atoms with Crippen molar-refractivity contribution in [2.24, 2.45) is 0 Å². The maximum Gasteiger partial charge on any atom is 0.446 e. The number of hydrogen-bond acceptors (Lipinski definition) is 4. The van der Waals surface area contributed by atoms with Crippen molar-refractivity contribution in [3.05, 3.63) is 65.7 Å². The lowest BCUT2D eigenvalue weighted by Crippen LogP contribution is -2.56. The van der Waals surface area contributed by atoms with Crippen LogP contribution in [-0.4, -0.2) is 23.4 Å². The highest BCUT2D eigenvalue weighted by atomic mass is 32.2. The summed E-state index contributed by atoms with van der Waals surface area (Å²) in [4.78, 5) is 25.0. The molecule has 2 unspecified atom stereocenters. The first kappa shape index (κ1) is 22.2. The summed E-state index contributed by atoms with van der Waals surface area (Å²) in [5.41, 5.74) is -2.80. The first-order valence-corrected chi connectivity index (χ1v) is 10.3. The molecule has 0 spiro atoms. The van der Waals surface area contributed by atoms with Crippen molar-refractivity contribution in [3.8, 4) is 0 Å². The van der Waals surface area contributed by atoms with Crippen molar-refractivity contribution in [1.82, 2.24) is 16.0 Å². The van der Waals surface area contributed by atoms with E-state index < -0.39 is 17.7 Å². The van der Waals surface area contributed by atoms with Crippen molar-refractivity contribution in [2.45, 2.75) is 48.4 Å². The second kappa shape index (κ2) is 9.53. The van der Waals surface area contributed by atoms with E-state index >= 15 is 0 Å². The van der Waals surface area contributed by atoms with Crippen LogP contribution in [0.5, 0.6) is 0 Å². The van der Waals surface area contributed by atoms with Crippen LogP contribution in [0.2, 0.25) is 0 Å². The summed E-state index contributed by atoms with van der Waals surface area (Å²) >= 11 is -0.178. The van der Waals surface area contributed by atoms with Gasteiger partial charge in [-0.1, -0.05) is 49.4 Å². The summed E-state index contributed by atoms with van der Waals surface area (Å²) in [5, 5.41) is 8.86. The van der Waals surface area contributed by atoms with Gasteiger partial charge in [-0.2, -0.15) is 13.2 Å². The maximum atomic E-state index is 12.8. The molecule has 0 radical (unpaired) electrons. The summed E-state index contributed by atoms with van der Waals surface area (Å²) < 4.78 is 37.5. The van der Waals surface area contributed by atoms with Crippen molar-refractivity contribution >= 4 is 23.6 Å². The average Bonchev–Trinajstić information content (AvgIpc) is 2.71. The van der Waals surface area contributed by atoms with Crippen LogP contribution < -0.4 is 16.0 Å². The number of hydrogen-bond donors (Lipinski definition) is 3. The number of carbonyl (C=O) groups excluding carboxylic acids is 2. The zero-order valence-electron chi connectivity index (χ0n) is 16.2. The Hall–Kier alpha value is -2.52. The van der Waals surface area contributed by atoms with Crippen molar-refractivity contribution in [3.63, 3.8) is 0 Å². The van der Waals surface area contributed by atoms with Crippen LogP contribution in [0.4, 0.5) is 13.2 Å². The molecule has 5 nitrogen and oxygen atoms in total. The molecule has 30 heavy (non-hydrogen) atoms. The topological polar surface area (TPSA) is 70.2 Å². The highest BCUT2D eigenvalue weighted by molar-refractivity contribution is 8.00. The molecule has 3 atom stereocenters. The van der Waals surface area contributed by atoms with Crippen molar-refractivity contribution in [2.75, 3.05) is 0 Å². The number of thioether (sulfide) groups is 1. The monoisotopic (exact) mass is 437 g/mol. The van der Waals surface area contributed by atoms with Gasteiger partial charge in [0.2, 0.25) is 11.8 Å². The largest absolute Gasteiger partial charge is 0.446 e. The van der Waals surface area contributed by atoms with Gasteiger partial charge in [-0.05, 0) is 41.4 Å². The standard InChI is InChI=1S/C21H22F3N3O2S/c1-2-16(13-8-10-15(11-9-13)30-21(22,23)24)26-20(29)17-12-18(28)27-19(25-17)14-6-4-3-5-7-14/h3-11,16-17,19,25H,2,12H2,1H3,(H,26,29)(H,27,28)/t16-,17?,19?/m1/s1. The van der Waals surface area contributed by atoms with Crippen LogP contribution >= 0.6 is 11.8 Å². The smallest absolute Gasteiger partial charge is 0.348 e. The molecule has 1 aliphatic heterocycles. The molecular formula is C21H22F3N3O2S. The van der Waals surface area contributed by atoms with Gasteiger partial charge in [-0.25, -0.2) is 0 Å². The Bertz CT molecular complexity index is 875. The van der Waals surface area contributed by atoms with Crippen molar-refractivity contribution < 1.29 is 22.8 Å². The number of halogens is 3. The first-order chi connectivity index (χ1) is 14.2. The molecule has 160 valence electrons. The molecule has 0 saturated carbocycles.